The number of benzene rings is 1. The monoisotopic (exact) mass is 361 g/mol. The lowest BCUT2D eigenvalue weighted by molar-refractivity contribution is -0.128. The third-order valence-corrected chi connectivity index (χ3v) is 3.54. The van der Waals surface area contributed by atoms with Gasteiger partial charge in [-0.05, 0) is 39.7 Å². The highest BCUT2D eigenvalue weighted by atomic mass is 79.9. The summed E-state index contributed by atoms with van der Waals surface area (Å²) in [6.45, 7) is 2.02. The number of hydrogen-bond donors (Lipinski definition) is 1. The van der Waals surface area contributed by atoms with Gasteiger partial charge in [0.05, 0.1) is 5.56 Å². The Hall–Kier alpha value is -2.21. The van der Waals surface area contributed by atoms with Crippen LogP contribution in [0.25, 0.3) is 0 Å². The van der Waals surface area contributed by atoms with Crippen LogP contribution in [0.15, 0.2) is 47.2 Å². The zero-order valence-corrected chi connectivity index (χ0v) is 13.9. The molecule has 0 unspecified atom stereocenters. The number of carbonyl (C=O) groups is 2. The molecule has 1 aromatic heterocycles. The molecule has 0 radical (unpaired) electrons. The molecule has 1 heterocycles. The molecule has 2 rings (SSSR count). The smallest absolute Gasteiger partial charge is 0.257 e. The maximum Gasteiger partial charge on any atom is 0.257 e. The molecule has 2 amide bonds. The van der Waals surface area contributed by atoms with Crippen molar-refractivity contribution in [1.29, 1.82) is 0 Å². The summed E-state index contributed by atoms with van der Waals surface area (Å²) in [6.07, 6.45) is 3.13. The van der Waals surface area contributed by atoms with Gasteiger partial charge in [0.1, 0.15) is 0 Å². The minimum atomic E-state index is -0.231. The predicted octanol–water partition coefficient (Wildman–Crippen LogP) is 3.07. The van der Waals surface area contributed by atoms with E-state index in [0.29, 0.717) is 17.8 Å². The molecule has 0 fully saturated rings. The second kappa shape index (κ2) is 7.17. The van der Waals surface area contributed by atoms with Gasteiger partial charge < -0.3 is 10.2 Å². The van der Waals surface area contributed by atoms with Crippen molar-refractivity contribution >= 4 is 33.4 Å². The quantitative estimate of drug-likeness (QED) is 0.909. The van der Waals surface area contributed by atoms with E-state index in [1.165, 1.54) is 13.1 Å². The lowest BCUT2D eigenvalue weighted by Crippen LogP contribution is -2.23. The van der Waals surface area contributed by atoms with Crippen molar-refractivity contribution < 1.29 is 9.59 Å². The van der Waals surface area contributed by atoms with E-state index in [2.05, 4.69) is 26.2 Å². The molecule has 5 nitrogen and oxygen atoms in total. The second-order valence-electron chi connectivity index (χ2n) is 4.92. The average molecular weight is 362 g/mol. The van der Waals surface area contributed by atoms with E-state index in [1.807, 2.05) is 18.2 Å². The van der Waals surface area contributed by atoms with Gasteiger partial charge in [-0.3, -0.25) is 14.6 Å². The van der Waals surface area contributed by atoms with Crippen molar-refractivity contribution in [3.8, 4) is 0 Å². The summed E-state index contributed by atoms with van der Waals surface area (Å²) in [4.78, 5) is 29.0. The molecular weight excluding hydrogens is 346 g/mol. The summed E-state index contributed by atoms with van der Waals surface area (Å²) < 4.78 is 0.747. The van der Waals surface area contributed by atoms with Crippen molar-refractivity contribution in [3.63, 3.8) is 0 Å². The SMILES string of the molecule is CC(=O)N(C)Cc1cccc(NC(=O)c2cncc(Br)c2)c1. The highest BCUT2D eigenvalue weighted by Gasteiger charge is 2.08. The lowest BCUT2D eigenvalue weighted by atomic mass is 10.2. The Morgan fingerprint density at radius 3 is 2.73 bits per heavy atom. The van der Waals surface area contributed by atoms with E-state index in [4.69, 9.17) is 0 Å². The Balaban J connectivity index is 2.10. The van der Waals surface area contributed by atoms with Crippen molar-refractivity contribution in [2.24, 2.45) is 0 Å². The Morgan fingerprint density at radius 1 is 1.27 bits per heavy atom. The number of halogens is 1. The van der Waals surface area contributed by atoms with Crippen molar-refractivity contribution in [1.82, 2.24) is 9.88 Å². The van der Waals surface area contributed by atoms with Crippen LogP contribution in [0.3, 0.4) is 0 Å². The molecular formula is C16H16BrN3O2. The zero-order chi connectivity index (χ0) is 16.1. The molecule has 114 valence electrons. The molecule has 1 aromatic carbocycles. The summed E-state index contributed by atoms with van der Waals surface area (Å²) in [6, 6.07) is 9.12. The van der Waals surface area contributed by atoms with Crippen LogP contribution in [0.1, 0.15) is 22.8 Å². The van der Waals surface area contributed by atoms with Crippen LogP contribution in [0.5, 0.6) is 0 Å². The van der Waals surface area contributed by atoms with Gasteiger partial charge in [0, 0.05) is 43.1 Å². The maximum absolute atomic E-state index is 12.2. The van der Waals surface area contributed by atoms with Crippen LogP contribution in [0.4, 0.5) is 5.69 Å². The fraction of sp³-hybridized carbons (Fsp3) is 0.188. The van der Waals surface area contributed by atoms with Gasteiger partial charge in [-0.1, -0.05) is 12.1 Å². The van der Waals surface area contributed by atoms with Crippen LogP contribution in [-0.4, -0.2) is 28.7 Å². The number of anilines is 1. The molecule has 1 N–H and O–H groups in total. The summed E-state index contributed by atoms with van der Waals surface area (Å²) in [5.41, 5.74) is 2.10. The molecule has 0 aliphatic carbocycles. The van der Waals surface area contributed by atoms with Crippen molar-refractivity contribution in [2.75, 3.05) is 12.4 Å². The predicted molar refractivity (Wildman–Crippen MR) is 88.5 cm³/mol. The first-order valence-corrected chi connectivity index (χ1v) is 7.47. The average Bonchev–Trinajstić information content (AvgIpc) is 2.47. The van der Waals surface area contributed by atoms with Crippen LogP contribution >= 0.6 is 15.9 Å². The first kappa shape index (κ1) is 16.2. The van der Waals surface area contributed by atoms with Crippen LogP contribution in [-0.2, 0) is 11.3 Å². The second-order valence-corrected chi connectivity index (χ2v) is 5.84. The highest BCUT2D eigenvalue weighted by Crippen LogP contribution is 2.15. The number of hydrogen-bond acceptors (Lipinski definition) is 3. The summed E-state index contributed by atoms with van der Waals surface area (Å²) in [7, 11) is 1.74. The number of amides is 2. The summed E-state index contributed by atoms with van der Waals surface area (Å²) in [5, 5.41) is 2.83. The molecule has 0 saturated heterocycles. The molecule has 0 atom stereocenters. The molecule has 0 aliphatic heterocycles. The number of rotatable bonds is 4. The van der Waals surface area contributed by atoms with E-state index >= 15 is 0 Å². The Bertz CT molecular complexity index is 703. The van der Waals surface area contributed by atoms with Crippen molar-refractivity contribution in [2.45, 2.75) is 13.5 Å². The number of nitrogens with one attached hydrogen (secondary N) is 1. The van der Waals surface area contributed by atoms with Crippen LogP contribution in [0, 0.1) is 0 Å². The molecule has 0 aliphatic rings. The first-order chi connectivity index (χ1) is 10.5. The number of carbonyl (C=O) groups excluding carboxylic acids is 2. The fourth-order valence-corrected chi connectivity index (χ4v) is 2.24. The third kappa shape index (κ3) is 4.39. The Kier molecular flexibility index (Phi) is 5.27. The molecule has 0 bridgehead atoms. The fourth-order valence-electron chi connectivity index (χ4n) is 1.87. The van der Waals surface area contributed by atoms with E-state index in [-0.39, 0.29) is 11.8 Å². The van der Waals surface area contributed by atoms with Gasteiger partial charge >= 0.3 is 0 Å². The van der Waals surface area contributed by atoms with E-state index in [9.17, 15) is 9.59 Å². The highest BCUT2D eigenvalue weighted by molar-refractivity contribution is 9.10. The Morgan fingerprint density at radius 2 is 2.05 bits per heavy atom. The van der Waals surface area contributed by atoms with E-state index < -0.39 is 0 Å². The van der Waals surface area contributed by atoms with Gasteiger partial charge in [0.2, 0.25) is 5.91 Å². The summed E-state index contributed by atoms with van der Waals surface area (Å²) in [5.74, 6) is -0.236. The topological polar surface area (TPSA) is 62.3 Å². The van der Waals surface area contributed by atoms with Crippen molar-refractivity contribution in [3.05, 3.63) is 58.3 Å². The zero-order valence-electron chi connectivity index (χ0n) is 12.3. The molecule has 0 saturated carbocycles. The molecule has 22 heavy (non-hydrogen) atoms. The molecule has 6 heteroatoms. The standard InChI is InChI=1S/C16H16BrN3O2/c1-11(21)20(2)10-12-4-3-5-15(6-12)19-16(22)13-7-14(17)9-18-8-13/h3-9H,10H2,1-2H3,(H,19,22). The van der Waals surface area contributed by atoms with Gasteiger partial charge in [0.25, 0.3) is 5.91 Å². The molecule has 0 spiro atoms. The van der Waals surface area contributed by atoms with Crippen LogP contribution < -0.4 is 5.32 Å². The maximum atomic E-state index is 12.2. The largest absolute Gasteiger partial charge is 0.342 e. The minimum Gasteiger partial charge on any atom is -0.342 e. The molecule has 2 aromatic rings. The van der Waals surface area contributed by atoms with Gasteiger partial charge in [0.15, 0.2) is 0 Å². The number of nitrogens with zero attached hydrogens (tertiary/aromatic N) is 2. The number of aromatic nitrogens is 1. The normalized spacial score (nSPS) is 10.1. The van der Waals surface area contributed by atoms with Crippen LogP contribution in [0.2, 0.25) is 0 Å². The minimum absolute atomic E-state index is 0.00495. The summed E-state index contributed by atoms with van der Waals surface area (Å²) >= 11 is 3.29. The van der Waals surface area contributed by atoms with Gasteiger partial charge in [-0.25, -0.2) is 0 Å². The third-order valence-electron chi connectivity index (χ3n) is 3.11. The lowest BCUT2D eigenvalue weighted by Gasteiger charge is -2.15. The van der Waals surface area contributed by atoms with E-state index in [1.54, 1.807) is 30.3 Å². The van der Waals surface area contributed by atoms with E-state index in [0.717, 1.165) is 10.0 Å². The van der Waals surface area contributed by atoms with Gasteiger partial charge in [-0.15, -0.1) is 0 Å². The number of pyridine rings is 1. The van der Waals surface area contributed by atoms with Gasteiger partial charge in [-0.2, -0.15) is 0 Å². The Labute approximate surface area is 137 Å². The first-order valence-electron chi connectivity index (χ1n) is 6.68.